The van der Waals surface area contributed by atoms with E-state index >= 15 is 0 Å². The normalized spacial score (nSPS) is 10.0. The fourth-order valence-corrected chi connectivity index (χ4v) is 4.10. The van der Waals surface area contributed by atoms with Gasteiger partial charge in [-0.15, -0.1) is 0 Å². The van der Waals surface area contributed by atoms with Gasteiger partial charge < -0.3 is 5.11 Å². The van der Waals surface area contributed by atoms with E-state index in [0.717, 1.165) is 26.5 Å². The van der Waals surface area contributed by atoms with Crippen LogP contribution in [0.1, 0.15) is 28.1 Å². The van der Waals surface area contributed by atoms with Gasteiger partial charge in [-0.3, -0.25) is 0 Å². The van der Waals surface area contributed by atoms with E-state index in [2.05, 4.69) is 28.7 Å². The second kappa shape index (κ2) is 10.5. The van der Waals surface area contributed by atoms with Crippen LogP contribution < -0.4 is 0 Å². The first-order valence-corrected chi connectivity index (χ1v) is 11.6. The Balaban J connectivity index is 1.69. The number of rotatable bonds is 2. The first-order valence-electron chi connectivity index (χ1n) is 9.99. The molecule has 1 N–H and O–H groups in total. The largest absolute Gasteiger partial charge is 0.508 e. The Labute approximate surface area is 207 Å². The molecule has 0 amide bonds. The summed E-state index contributed by atoms with van der Waals surface area (Å²) in [6.45, 7) is 1.87. The Bertz CT molecular complexity index is 1340. The molecule has 0 unspecified atom stereocenters. The predicted molar refractivity (Wildman–Crippen MR) is 136 cm³/mol. The van der Waals surface area contributed by atoms with Gasteiger partial charge in [0.2, 0.25) is 0 Å². The van der Waals surface area contributed by atoms with Crippen molar-refractivity contribution in [1.29, 1.82) is 0 Å². The number of aromatic nitrogens is 1. The number of benzene rings is 3. The van der Waals surface area contributed by atoms with Crippen LogP contribution in [0, 0.1) is 30.6 Å². The lowest BCUT2D eigenvalue weighted by molar-refractivity contribution is 0.470. The molecule has 0 radical (unpaired) electrons. The summed E-state index contributed by atoms with van der Waals surface area (Å²) in [6, 6.07) is 24.1. The number of pyridine rings is 1. The van der Waals surface area contributed by atoms with Crippen molar-refractivity contribution in [2.24, 2.45) is 0 Å². The molecule has 2 nitrogen and oxygen atoms in total. The fourth-order valence-electron chi connectivity index (χ4n) is 2.86. The quantitative estimate of drug-likeness (QED) is 0.301. The summed E-state index contributed by atoms with van der Waals surface area (Å²) in [4.78, 5) is 6.58. The SMILES string of the molecule is Cc1cc(Sc2cc(C#Cc3ccc(Cl)cc3)nc(C#Cc3ccc(Cl)cc3)c2)ccc1O. The van der Waals surface area contributed by atoms with E-state index < -0.39 is 0 Å². The molecular formula is C28H17Cl2NOS. The third-order valence-electron chi connectivity index (χ3n) is 4.56. The van der Waals surface area contributed by atoms with Crippen LogP contribution in [0.5, 0.6) is 5.75 Å². The van der Waals surface area contributed by atoms with Gasteiger partial charge in [-0.05, 0) is 103 Å². The van der Waals surface area contributed by atoms with Crippen molar-refractivity contribution in [2.75, 3.05) is 0 Å². The lowest BCUT2D eigenvalue weighted by atomic mass is 10.2. The van der Waals surface area contributed by atoms with Gasteiger partial charge >= 0.3 is 0 Å². The summed E-state index contributed by atoms with van der Waals surface area (Å²) in [5, 5.41) is 11.2. The van der Waals surface area contributed by atoms with Crippen molar-refractivity contribution in [3.63, 3.8) is 0 Å². The summed E-state index contributed by atoms with van der Waals surface area (Å²) in [5.74, 6) is 12.8. The predicted octanol–water partition coefficient (Wildman–Crippen LogP) is 7.35. The van der Waals surface area contributed by atoms with E-state index in [1.165, 1.54) is 0 Å². The van der Waals surface area contributed by atoms with Crippen LogP contribution in [-0.2, 0) is 0 Å². The zero-order valence-corrected chi connectivity index (χ0v) is 19.9. The zero-order valence-electron chi connectivity index (χ0n) is 17.6. The Morgan fingerprint density at radius 2 is 1.18 bits per heavy atom. The highest BCUT2D eigenvalue weighted by molar-refractivity contribution is 7.99. The minimum atomic E-state index is 0.276. The number of phenols is 1. The van der Waals surface area contributed by atoms with Crippen LogP contribution in [0.3, 0.4) is 0 Å². The summed E-state index contributed by atoms with van der Waals surface area (Å²) >= 11 is 13.5. The van der Waals surface area contributed by atoms with Crippen molar-refractivity contribution in [2.45, 2.75) is 16.7 Å². The van der Waals surface area contributed by atoms with Gasteiger partial charge in [0.05, 0.1) is 0 Å². The molecule has 0 aliphatic carbocycles. The highest BCUT2D eigenvalue weighted by Gasteiger charge is 2.05. The highest BCUT2D eigenvalue weighted by atomic mass is 35.5. The molecule has 0 spiro atoms. The maximum Gasteiger partial charge on any atom is 0.118 e. The van der Waals surface area contributed by atoms with Gasteiger partial charge in [-0.1, -0.05) is 46.8 Å². The molecule has 3 aromatic carbocycles. The Kier molecular flexibility index (Phi) is 7.28. The molecule has 1 heterocycles. The first kappa shape index (κ1) is 22.8. The number of aryl methyl sites for hydroxylation is 1. The molecule has 0 atom stereocenters. The van der Waals surface area contributed by atoms with Gasteiger partial charge in [0.25, 0.3) is 0 Å². The summed E-state index contributed by atoms with van der Waals surface area (Å²) in [7, 11) is 0. The second-order valence-electron chi connectivity index (χ2n) is 7.14. The van der Waals surface area contributed by atoms with Gasteiger partial charge in [0.15, 0.2) is 0 Å². The smallest absolute Gasteiger partial charge is 0.118 e. The molecule has 0 fully saturated rings. The van der Waals surface area contributed by atoms with Crippen LogP contribution in [0.2, 0.25) is 10.0 Å². The van der Waals surface area contributed by atoms with Crippen LogP contribution in [0.15, 0.2) is 88.7 Å². The van der Waals surface area contributed by atoms with E-state index in [-0.39, 0.29) is 5.75 Å². The van der Waals surface area contributed by atoms with Crippen molar-refractivity contribution in [3.05, 3.63) is 117 Å². The topological polar surface area (TPSA) is 33.1 Å². The number of nitrogens with zero attached hydrogens (tertiary/aromatic N) is 1. The fraction of sp³-hybridized carbons (Fsp3) is 0.0357. The maximum absolute atomic E-state index is 9.82. The summed E-state index contributed by atoms with van der Waals surface area (Å²) < 4.78 is 0. The lowest BCUT2D eigenvalue weighted by Crippen LogP contribution is -1.90. The molecule has 0 saturated carbocycles. The van der Waals surface area contributed by atoms with Crippen molar-refractivity contribution in [3.8, 4) is 29.4 Å². The van der Waals surface area contributed by atoms with Crippen molar-refractivity contribution >= 4 is 35.0 Å². The van der Waals surface area contributed by atoms with E-state index in [1.807, 2.05) is 55.5 Å². The van der Waals surface area contributed by atoms with E-state index in [0.29, 0.717) is 21.4 Å². The zero-order chi connectivity index (χ0) is 23.2. The molecular weight excluding hydrogens is 469 g/mol. The third-order valence-corrected chi connectivity index (χ3v) is 6.03. The Morgan fingerprint density at radius 1 is 0.667 bits per heavy atom. The Morgan fingerprint density at radius 3 is 1.67 bits per heavy atom. The number of hydrogen-bond donors (Lipinski definition) is 1. The average molecular weight is 486 g/mol. The van der Waals surface area contributed by atoms with E-state index in [4.69, 9.17) is 23.2 Å². The number of halogens is 2. The number of hydrogen-bond acceptors (Lipinski definition) is 3. The van der Waals surface area contributed by atoms with Crippen LogP contribution in [0.25, 0.3) is 0 Å². The minimum absolute atomic E-state index is 0.276. The van der Waals surface area contributed by atoms with Crippen LogP contribution in [-0.4, -0.2) is 10.1 Å². The maximum atomic E-state index is 9.82. The third kappa shape index (κ3) is 6.58. The lowest BCUT2D eigenvalue weighted by Gasteiger charge is -2.06. The van der Waals surface area contributed by atoms with E-state index in [1.54, 1.807) is 42.1 Å². The molecule has 4 rings (SSSR count). The monoisotopic (exact) mass is 485 g/mol. The summed E-state index contributed by atoms with van der Waals surface area (Å²) in [5.41, 5.74) is 3.75. The average Bonchev–Trinajstić information content (AvgIpc) is 2.81. The standard InChI is InChI=1S/C28H17Cl2NOS/c1-19-16-26(14-15-28(19)32)33-27-17-24(12-6-20-2-8-22(29)9-3-20)31-25(18-27)13-7-21-4-10-23(30)11-5-21/h2-5,8-11,14-18,32H,1H3. The molecule has 1 aromatic heterocycles. The molecule has 0 bridgehead atoms. The molecule has 0 aliphatic rings. The molecule has 33 heavy (non-hydrogen) atoms. The molecule has 0 aliphatic heterocycles. The van der Waals surface area contributed by atoms with Crippen LogP contribution in [0.4, 0.5) is 0 Å². The van der Waals surface area contributed by atoms with Gasteiger partial charge in [0, 0.05) is 31.0 Å². The highest BCUT2D eigenvalue weighted by Crippen LogP contribution is 2.31. The van der Waals surface area contributed by atoms with Crippen molar-refractivity contribution in [1.82, 2.24) is 4.98 Å². The molecule has 4 aromatic rings. The number of aromatic hydroxyl groups is 1. The second-order valence-corrected chi connectivity index (χ2v) is 9.16. The molecule has 0 saturated heterocycles. The van der Waals surface area contributed by atoms with Crippen LogP contribution >= 0.6 is 35.0 Å². The Hall–Kier alpha value is -3.34. The summed E-state index contributed by atoms with van der Waals surface area (Å²) in [6.07, 6.45) is 0. The van der Waals surface area contributed by atoms with E-state index in [9.17, 15) is 5.11 Å². The minimum Gasteiger partial charge on any atom is -0.508 e. The van der Waals surface area contributed by atoms with Gasteiger partial charge in [-0.25, -0.2) is 4.98 Å². The first-order chi connectivity index (χ1) is 15.9. The van der Waals surface area contributed by atoms with Crippen molar-refractivity contribution < 1.29 is 5.11 Å². The van der Waals surface area contributed by atoms with Gasteiger partial charge in [0.1, 0.15) is 17.1 Å². The molecule has 5 heteroatoms. The van der Waals surface area contributed by atoms with Gasteiger partial charge in [-0.2, -0.15) is 0 Å². The number of phenolic OH excluding ortho intramolecular Hbond substituents is 1. The molecule has 160 valence electrons.